The molecule has 0 unspecified atom stereocenters. The number of nitrogens with one attached hydrogen (secondary N) is 2. The summed E-state index contributed by atoms with van der Waals surface area (Å²) >= 11 is 5.61. The number of aromatic amines is 1. The van der Waals surface area contributed by atoms with Crippen molar-refractivity contribution in [3.8, 4) is 5.75 Å². The largest absolute Gasteiger partial charge is 0.494 e. The third-order valence-electron chi connectivity index (χ3n) is 4.94. The fourth-order valence-electron chi connectivity index (χ4n) is 3.34. The third kappa shape index (κ3) is 6.51. The minimum Gasteiger partial charge on any atom is -0.494 e. The van der Waals surface area contributed by atoms with Gasteiger partial charge in [0.2, 0.25) is 0 Å². The van der Waals surface area contributed by atoms with Crippen molar-refractivity contribution in [1.29, 1.82) is 0 Å². The first-order chi connectivity index (χ1) is 15.5. The van der Waals surface area contributed by atoms with Crippen LogP contribution in [-0.2, 0) is 17.8 Å². The highest BCUT2D eigenvalue weighted by atomic mass is 32.1. The summed E-state index contributed by atoms with van der Waals surface area (Å²) in [4.78, 5) is 17.6. The topological polar surface area (TPSA) is 66.6 Å². The molecule has 0 bridgehead atoms. The quantitative estimate of drug-likeness (QED) is 0.355. The molecule has 32 heavy (non-hydrogen) atoms. The van der Waals surface area contributed by atoms with Crippen LogP contribution in [0.4, 0.5) is 4.39 Å². The van der Waals surface area contributed by atoms with Crippen LogP contribution < -0.4 is 15.6 Å². The van der Waals surface area contributed by atoms with Gasteiger partial charge in [-0.15, -0.1) is 0 Å². The number of rotatable bonds is 10. The number of H-pyrrole nitrogens is 1. The molecule has 1 heterocycles. The number of benzene rings is 2. The number of hydrogen-bond donors (Lipinski definition) is 2. The first-order valence-electron chi connectivity index (χ1n) is 10.5. The summed E-state index contributed by atoms with van der Waals surface area (Å²) < 4.78 is 24.0. The maximum atomic E-state index is 13.3. The zero-order chi connectivity index (χ0) is 22.9. The molecule has 0 saturated heterocycles. The fraction of sp³-hybridized carbons (Fsp3) is 0.333. The van der Waals surface area contributed by atoms with Gasteiger partial charge in [-0.1, -0.05) is 12.1 Å². The molecule has 0 radical (unpaired) electrons. The monoisotopic (exact) mass is 457 g/mol. The molecule has 3 rings (SSSR count). The molecule has 0 fully saturated rings. The molecule has 1 aromatic heterocycles. The van der Waals surface area contributed by atoms with Gasteiger partial charge in [0.1, 0.15) is 11.6 Å². The Balaban J connectivity index is 1.85. The number of methoxy groups -OCH3 is 1. The molecule has 0 aliphatic carbocycles. The van der Waals surface area contributed by atoms with E-state index < -0.39 is 0 Å². The van der Waals surface area contributed by atoms with E-state index in [2.05, 4.69) is 10.3 Å². The zero-order valence-electron chi connectivity index (χ0n) is 18.3. The lowest BCUT2D eigenvalue weighted by Crippen LogP contribution is -2.40. The van der Waals surface area contributed by atoms with Gasteiger partial charge >= 0.3 is 0 Å². The molecule has 0 spiro atoms. The van der Waals surface area contributed by atoms with Crippen LogP contribution >= 0.6 is 12.2 Å². The fourth-order valence-corrected chi connectivity index (χ4v) is 3.57. The number of halogens is 1. The predicted octanol–water partition coefficient (Wildman–Crippen LogP) is 3.98. The van der Waals surface area contributed by atoms with Gasteiger partial charge in [-0.2, -0.15) is 0 Å². The van der Waals surface area contributed by atoms with Crippen molar-refractivity contribution in [1.82, 2.24) is 15.2 Å². The van der Waals surface area contributed by atoms with E-state index in [1.807, 2.05) is 36.1 Å². The van der Waals surface area contributed by atoms with Crippen LogP contribution in [0.15, 0.2) is 53.3 Å². The van der Waals surface area contributed by atoms with Crippen molar-refractivity contribution < 1.29 is 13.9 Å². The van der Waals surface area contributed by atoms with Crippen molar-refractivity contribution in [2.75, 3.05) is 26.9 Å². The molecule has 0 aliphatic heterocycles. The Labute approximate surface area is 192 Å². The summed E-state index contributed by atoms with van der Waals surface area (Å²) in [5.74, 6) is 0.452. The van der Waals surface area contributed by atoms with E-state index in [1.165, 1.54) is 12.1 Å². The summed E-state index contributed by atoms with van der Waals surface area (Å²) in [5, 5.41) is 4.63. The molecular weight excluding hydrogens is 429 g/mol. The standard InChI is InChI=1S/C24H28FN3O3S/c1-3-31-21-9-10-22-18(14-21)13-19(23(29)27-22)16-28(24(32)26-11-4-12-30-2)15-17-5-7-20(25)8-6-17/h5-10,13-14H,3-4,11-12,15-16H2,1-2H3,(H,26,32)(H,27,29). The van der Waals surface area contributed by atoms with Crippen LogP contribution in [0, 0.1) is 5.82 Å². The number of ether oxygens (including phenoxy) is 2. The highest BCUT2D eigenvalue weighted by Gasteiger charge is 2.14. The molecular formula is C24H28FN3O3S. The Morgan fingerprint density at radius 2 is 1.94 bits per heavy atom. The van der Waals surface area contributed by atoms with Gasteiger partial charge in [0.05, 0.1) is 13.2 Å². The van der Waals surface area contributed by atoms with Gasteiger partial charge in [0.15, 0.2) is 5.11 Å². The molecule has 0 amide bonds. The molecule has 2 aromatic carbocycles. The number of fused-ring (bicyclic) bond motifs is 1. The summed E-state index contributed by atoms with van der Waals surface area (Å²) in [6.45, 7) is 4.51. The van der Waals surface area contributed by atoms with Crippen molar-refractivity contribution in [3.63, 3.8) is 0 Å². The van der Waals surface area contributed by atoms with Crippen LogP contribution in [0.25, 0.3) is 10.9 Å². The Morgan fingerprint density at radius 3 is 2.66 bits per heavy atom. The Morgan fingerprint density at radius 1 is 1.16 bits per heavy atom. The highest BCUT2D eigenvalue weighted by Crippen LogP contribution is 2.20. The van der Waals surface area contributed by atoms with Gasteiger partial charge in [0, 0.05) is 43.3 Å². The molecule has 170 valence electrons. The second-order valence-corrected chi connectivity index (χ2v) is 7.75. The second-order valence-electron chi connectivity index (χ2n) is 7.37. The lowest BCUT2D eigenvalue weighted by molar-refractivity contribution is 0.195. The van der Waals surface area contributed by atoms with Crippen LogP contribution in [-0.4, -0.2) is 41.9 Å². The molecule has 0 aliphatic rings. The van der Waals surface area contributed by atoms with Gasteiger partial charge < -0.3 is 24.7 Å². The maximum absolute atomic E-state index is 13.3. The lowest BCUT2D eigenvalue weighted by atomic mass is 10.1. The van der Waals surface area contributed by atoms with Gasteiger partial charge in [-0.05, 0) is 67.5 Å². The van der Waals surface area contributed by atoms with Crippen molar-refractivity contribution in [2.45, 2.75) is 26.4 Å². The van der Waals surface area contributed by atoms with Gasteiger partial charge in [-0.25, -0.2) is 4.39 Å². The van der Waals surface area contributed by atoms with Crippen LogP contribution in [0.2, 0.25) is 0 Å². The normalized spacial score (nSPS) is 10.8. The SMILES string of the molecule is CCOc1ccc2[nH]c(=O)c(CN(Cc3ccc(F)cc3)C(=S)NCCCOC)cc2c1. The number of hydrogen-bond acceptors (Lipinski definition) is 4. The average Bonchev–Trinajstić information content (AvgIpc) is 2.78. The number of pyridine rings is 1. The Hall–Kier alpha value is -2.97. The summed E-state index contributed by atoms with van der Waals surface area (Å²) in [6, 6.07) is 13.7. The van der Waals surface area contributed by atoms with Crippen molar-refractivity contribution in [2.24, 2.45) is 0 Å². The molecule has 3 aromatic rings. The summed E-state index contributed by atoms with van der Waals surface area (Å²) in [5.41, 5.74) is 2.04. The number of aromatic nitrogens is 1. The third-order valence-corrected chi connectivity index (χ3v) is 5.34. The Bertz CT molecular complexity index is 1100. The average molecular weight is 458 g/mol. The first-order valence-corrected chi connectivity index (χ1v) is 11.0. The maximum Gasteiger partial charge on any atom is 0.253 e. The summed E-state index contributed by atoms with van der Waals surface area (Å²) in [7, 11) is 1.65. The van der Waals surface area contributed by atoms with Crippen LogP contribution in [0.1, 0.15) is 24.5 Å². The van der Waals surface area contributed by atoms with Crippen LogP contribution in [0.3, 0.4) is 0 Å². The van der Waals surface area contributed by atoms with E-state index in [1.54, 1.807) is 19.2 Å². The molecule has 0 saturated carbocycles. The Kier molecular flexibility index (Phi) is 8.58. The molecule has 8 heteroatoms. The number of thiocarbonyl (C=S) groups is 1. The van der Waals surface area contributed by atoms with Crippen molar-refractivity contribution in [3.05, 3.63) is 75.8 Å². The molecule has 2 N–H and O–H groups in total. The zero-order valence-corrected chi connectivity index (χ0v) is 19.1. The van der Waals surface area contributed by atoms with Gasteiger partial charge in [-0.3, -0.25) is 4.79 Å². The van der Waals surface area contributed by atoms with Gasteiger partial charge in [0.25, 0.3) is 5.56 Å². The lowest BCUT2D eigenvalue weighted by Gasteiger charge is -2.26. The van der Waals surface area contributed by atoms with Crippen LogP contribution in [0.5, 0.6) is 5.75 Å². The van der Waals surface area contributed by atoms with Crippen molar-refractivity contribution >= 4 is 28.2 Å². The van der Waals surface area contributed by atoms with E-state index in [0.717, 1.165) is 28.6 Å². The summed E-state index contributed by atoms with van der Waals surface area (Å²) in [6.07, 6.45) is 0.803. The van der Waals surface area contributed by atoms with E-state index >= 15 is 0 Å². The predicted molar refractivity (Wildman–Crippen MR) is 128 cm³/mol. The highest BCUT2D eigenvalue weighted by molar-refractivity contribution is 7.80. The minimum absolute atomic E-state index is 0.173. The number of nitrogens with zero attached hydrogens (tertiary/aromatic N) is 1. The first kappa shape index (κ1) is 23.7. The smallest absolute Gasteiger partial charge is 0.253 e. The van der Waals surface area contributed by atoms with E-state index in [9.17, 15) is 9.18 Å². The van der Waals surface area contributed by atoms with E-state index in [0.29, 0.717) is 43.5 Å². The molecule has 6 nitrogen and oxygen atoms in total. The molecule has 0 atom stereocenters. The second kappa shape index (κ2) is 11.6. The van der Waals surface area contributed by atoms with E-state index in [4.69, 9.17) is 21.7 Å². The minimum atomic E-state index is -0.295. The van der Waals surface area contributed by atoms with E-state index in [-0.39, 0.29) is 11.4 Å².